The number of ether oxygens (including phenoxy) is 1. The normalized spacial score (nSPS) is 16.6. The van der Waals surface area contributed by atoms with Crippen LogP contribution in [-0.4, -0.2) is 78.8 Å². The zero-order valence-electron chi connectivity index (χ0n) is 23.1. The molecule has 1 aromatic heterocycles. The molecule has 3 aromatic carbocycles. The first kappa shape index (κ1) is 26.9. The van der Waals surface area contributed by atoms with E-state index in [2.05, 4.69) is 22.1 Å². The highest BCUT2D eigenvalue weighted by atomic mass is 16.5. The number of piperazine rings is 1. The monoisotopic (exact) mass is 556 g/mol. The number of aliphatic hydroxyl groups excluding tert-OH is 1. The van der Waals surface area contributed by atoms with Crippen LogP contribution in [0, 0.1) is 6.92 Å². The summed E-state index contributed by atoms with van der Waals surface area (Å²) < 4.78 is 10.9. The molecule has 2 aliphatic rings. The highest BCUT2D eigenvalue weighted by molar-refractivity contribution is 6.26. The predicted molar refractivity (Wildman–Crippen MR) is 156 cm³/mol. The molecule has 10 nitrogen and oxygen atoms in total. The van der Waals surface area contributed by atoms with Gasteiger partial charge in [0, 0.05) is 66.7 Å². The number of hydrogen-bond donors (Lipinski definition) is 2. The summed E-state index contributed by atoms with van der Waals surface area (Å²) in [5.41, 5.74) is 5.46. The van der Waals surface area contributed by atoms with Gasteiger partial charge in [-0.15, -0.1) is 0 Å². The molecule has 2 aliphatic heterocycles. The number of nitrogens with zero attached hydrogens (tertiary/aromatic N) is 3. The van der Waals surface area contributed by atoms with Gasteiger partial charge in [-0.1, -0.05) is 19.1 Å². The van der Waals surface area contributed by atoms with Crippen molar-refractivity contribution >= 4 is 39.2 Å². The second kappa shape index (κ2) is 11.0. The minimum absolute atomic E-state index is 0.0929. The van der Waals surface area contributed by atoms with E-state index >= 15 is 0 Å². The lowest BCUT2D eigenvalue weighted by Gasteiger charge is -2.37. The molecule has 0 saturated carbocycles. The lowest BCUT2D eigenvalue weighted by Crippen LogP contribution is -2.52. The molecule has 4 aromatic rings. The quantitative estimate of drug-likeness (QED) is 0.250. The minimum atomic E-state index is -1.03. The van der Waals surface area contributed by atoms with Gasteiger partial charge >= 0.3 is 5.63 Å². The Morgan fingerprint density at radius 1 is 0.951 bits per heavy atom. The Labute approximate surface area is 236 Å². The van der Waals surface area contributed by atoms with Crippen LogP contribution in [0.2, 0.25) is 0 Å². The summed E-state index contributed by atoms with van der Waals surface area (Å²) >= 11 is 0. The van der Waals surface area contributed by atoms with E-state index in [0.29, 0.717) is 27.8 Å². The Bertz CT molecular complexity index is 1690. The maximum Gasteiger partial charge on any atom is 0.336 e. The number of nitrogens with one attached hydrogen (secondary N) is 1. The van der Waals surface area contributed by atoms with E-state index in [1.54, 1.807) is 30.3 Å². The number of benzene rings is 3. The van der Waals surface area contributed by atoms with Crippen LogP contribution in [0.3, 0.4) is 0 Å². The van der Waals surface area contributed by atoms with Crippen molar-refractivity contribution in [1.82, 2.24) is 15.3 Å². The lowest BCUT2D eigenvalue weighted by atomic mass is 9.93. The molecule has 1 unspecified atom stereocenters. The van der Waals surface area contributed by atoms with Crippen LogP contribution in [0.1, 0.15) is 33.2 Å². The van der Waals surface area contributed by atoms with E-state index in [4.69, 9.17) is 9.15 Å². The van der Waals surface area contributed by atoms with Gasteiger partial charge in [-0.2, -0.15) is 0 Å². The number of aliphatic hydroxyl groups is 1. The van der Waals surface area contributed by atoms with E-state index in [1.807, 2.05) is 25.1 Å². The fourth-order valence-corrected chi connectivity index (χ4v) is 5.65. The van der Waals surface area contributed by atoms with Gasteiger partial charge < -0.3 is 24.1 Å². The fourth-order valence-electron chi connectivity index (χ4n) is 5.65. The summed E-state index contributed by atoms with van der Waals surface area (Å²) in [5, 5.41) is 13.9. The molecule has 1 atom stereocenters. The largest absolute Gasteiger partial charge is 0.491 e. The first-order chi connectivity index (χ1) is 19.8. The summed E-state index contributed by atoms with van der Waals surface area (Å²) in [7, 11) is 0. The molecule has 0 aliphatic carbocycles. The van der Waals surface area contributed by atoms with Crippen LogP contribution in [0.5, 0.6) is 5.75 Å². The van der Waals surface area contributed by atoms with Crippen LogP contribution in [0.25, 0.3) is 21.7 Å². The van der Waals surface area contributed by atoms with Crippen molar-refractivity contribution in [3.05, 3.63) is 81.7 Å². The SMILES string of the molecule is CCN1CCN(c2ccc3c4c(cccc24)C(=O)N(NCC(O)COc2ccc4c(C)cc(=O)oc4c2)C3=O)CC1. The Morgan fingerprint density at radius 2 is 1.71 bits per heavy atom. The third kappa shape index (κ3) is 5.06. The second-order valence-corrected chi connectivity index (χ2v) is 10.5. The van der Waals surface area contributed by atoms with Gasteiger partial charge in [-0.25, -0.2) is 15.2 Å². The highest BCUT2D eigenvalue weighted by Crippen LogP contribution is 2.36. The number of likely N-dealkylation sites (N-methyl/N-ethyl adjacent to an activating group) is 1. The molecule has 0 radical (unpaired) electrons. The molecule has 1 saturated heterocycles. The molecular weight excluding hydrogens is 524 g/mol. The second-order valence-electron chi connectivity index (χ2n) is 10.5. The van der Waals surface area contributed by atoms with E-state index < -0.39 is 23.5 Å². The molecule has 212 valence electrons. The number of hydrazine groups is 1. The number of anilines is 1. The smallest absolute Gasteiger partial charge is 0.336 e. The zero-order chi connectivity index (χ0) is 28.7. The third-order valence-corrected chi connectivity index (χ3v) is 7.90. The molecule has 6 rings (SSSR count). The number of amides is 2. The van der Waals surface area contributed by atoms with Crippen LogP contribution in [0.4, 0.5) is 5.69 Å². The van der Waals surface area contributed by atoms with Crippen molar-refractivity contribution in [2.24, 2.45) is 0 Å². The predicted octanol–water partition coefficient (Wildman–Crippen LogP) is 2.94. The molecule has 10 heteroatoms. The first-order valence-corrected chi connectivity index (χ1v) is 13.8. The van der Waals surface area contributed by atoms with Crippen molar-refractivity contribution < 1.29 is 23.8 Å². The van der Waals surface area contributed by atoms with Crippen molar-refractivity contribution in [2.75, 3.05) is 50.8 Å². The summed E-state index contributed by atoms with van der Waals surface area (Å²) in [4.78, 5) is 43.3. The van der Waals surface area contributed by atoms with E-state index in [0.717, 1.165) is 59.8 Å². The Balaban J connectivity index is 1.14. The first-order valence-electron chi connectivity index (χ1n) is 13.8. The number of aryl methyl sites for hydroxylation is 1. The number of fused-ring (bicyclic) bond motifs is 1. The van der Waals surface area contributed by atoms with E-state index in [1.165, 1.54) is 6.07 Å². The molecule has 1 fully saturated rings. The van der Waals surface area contributed by atoms with Gasteiger partial charge in [-0.3, -0.25) is 9.59 Å². The number of rotatable bonds is 8. The number of imide groups is 1. The minimum Gasteiger partial charge on any atom is -0.491 e. The van der Waals surface area contributed by atoms with Crippen molar-refractivity contribution in [2.45, 2.75) is 20.0 Å². The maximum absolute atomic E-state index is 13.4. The van der Waals surface area contributed by atoms with Gasteiger partial charge in [0.25, 0.3) is 11.8 Å². The van der Waals surface area contributed by atoms with Gasteiger partial charge in [0.2, 0.25) is 0 Å². The van der Waals surface area contributed by atoms with E-state index in [9.17, 15) is 19.5 Å². The molecule has 41 heavy (non-hydrogen) atoms. The molecule has 2 amide bonds. The highest BCUT2D eigenvalue weighted by Gasteiger charge is 2.34. The van der Waals surface area contributed by atoms with Gasteiger partial charge in [0.15, 0.2) is 0 Å². The summed E-state index contributed by atoms with van der Waals surface area (Å²) in [6.07, 6.45) is -1.03. The fraction of sp³-hybridized carbons (Fsp3) is 0.323. The van der Waals surface area contributed by atoms with Crippen LogP contribution in [-0.2, 0) is 0 Å². The maximum atomic E-state index is 13.4. The average Bonchev–Trinajstić information content (AvgIpc) is 2.98. The summed E-state index contributed by atoms with van der Waals surface area (Å²) in [5.74, 6) is -0.508. The molecule has 3 heterocycles. The van der Waals surface area contributed by atoms with Crippen LogP contribution < -0.4 is 20.7 Å². The van der Waals surface area contributed by atoms with Gasteiger partial charge in [0.1, 0.15) is 24.0 Å². The van der Waals surface area contributed by atoms with Crippen LogP contribution >= 0.6 is 0 Å². The van der Waals surface area contributed by atoms with E-state index in [-0.39, 0.29) is 13.2 Å². The average molecular weight is 557 g/mol. The molecule has 0 spiro atoms. The van der Waals surface area contributed by atoms with Gasteiger partial charge in [-0.05, 0) is 49.4 Å². The topological polar surface area (TPSA) is 116 Å². The van der Waals surface area contributed by atoms with Crippen molar-refractivity contribution in [3.8, 4) is 5.75 Å². The summed E-state index contributed by atoms with van der Waals surface area (Å²) in [6, 6.07) is 15.8. The summed E-state index contributed by atoms with van der Waals surface area (Å²) in [6.45, 7) is 8.52. The standard InChI is InChI=1S/C31H32N4O6/c1-3-33-11-13-34(14-12-33)26-10-9-25-29-23(26)5-4-6-24(29)30(38)35(31(25)39)32-17-20(36)18-40-21-7-8-22-19(2)15-28(37)41-27(22)16-21/h4-10,15-16,20,32,36H,3,11-14,17-18H2,1-2H3. The Morgan fingerprint density at radius 3 is 2.46 bits per heavy atom. The number of carbonyl (C=O) groups is 2. The van der Waals surface area contributed by atoms with Crippen LogP contribution in [0.15, 0.2) is 63.8 Å². The lowest BCUT2D eigenvalue weighted by molar-refractivity contribution is 0.0433. The number of carbonyl (C=O) groups excluding carboxylic acids is 2. The zero-order valence-corrected chi connectivity index (χ0v) is 23.1. The molecule has 2 N–H and O–H groups in total. The van der Waals surface area contributed by atoms with Gasteiger partial charge in [0.05, 0.1) is 11.1 Å². The van der Waals surface area contributed by atoms with Crippen molar-refractivity contribution in [1.29, 1.82) is 0 Å². The Kier molecular flexibility index (Phi) is 7.21. The van der Waals surface area contributed by atoms with Crippen molar-refractivity contribution in [3.63, 3.8) is 0 Å². The third-order valence-electron chi connectivity index (χ3n) is 7.90. The molecule has 0 bridgehead atoms. The Hall–Kier alpha value is -4.25. The molecular formula is C31H32N4O6. The number of hydrogen-bond acceptors (Lipinski definition) is 9.